The highest BCUT2D eigenvalue weighted by atomic mass is 16.1. The molecule has 1 aliphatic rings. The normalized spacial score (nSPS) is 12.8. The van der Waals surface area contributed by atoms with Gasteiger partial charge in [-0.05, 0) is 32.0 Å². The first-order valence-electron chi connectivity index (χ1n) is 10.1. The number of aromatic nitrogens is 2. The van der Waals surface area contributed by atoms with Crippen LogP contribution < -0.4 is 5.56 Å². The van der Waals surface area contributed by atoms with Crippen molar-refractivity contribution in [1.29, 1.82) is 0 Å². The molecule has 156 valence electrons. The molecule has 7 heteroatoms. The van der Waals surface area contributed by atoms with Gasteiger partial charge < -0.3 is 0 Å². The Morgan fingerprint density at radius 3 is 2.09 bits per heavy atom. The minimum atomic E-state index is -0.354. The van der Waals surface area contributed by atoms with Crippen LogP contribution in [0, 0.1) is 13.8 Å². The number of ketones is 2. The summed E-state index contributed by atoms with van der Waals surface area (Å²) in [5, 5.41) is 11.4. The number of H-pyrrole nitrogens is 1. The molecule has 0 unspecified atom stereocenters. The van der Waals surface area contributed by atoms with Gasteiger partial charge in [-0.2, -0.15) is 0 Å². The van der Waals surface area contributed by atoms with Crippen molar-refractivity contribution in [2.45, 2.75) is 13.8 Å². The highest BCUT2D eigenvalue weighted by Crippen LogP contribution is 2.34. The molecule has 3 aromatic carbocycles. The number of nitrogens with zero attached hydrogens (tertiary/aromatic N) is 3. The van der Waals surface area contributed by atoms with Gasteiger partial charge in [0.15, 0.2) is 17.3 Å². The van der Waals surface area contributed by atoms with Crippen LogP contribution in [0.2, 0.25) is 0 Å². The Morgan fingerprint density at radius 2 is 1.38 bits per heavy atom. The lowest BCUT2D eigenvalue weighted by Gasteiger charge is -2.18. The quantitative estimate of drug-likeness (QED) is 0.416. The van der Waals surface area contributed by atoms with Crippen molar-refractivity contribution in [3.8, 4) is 5.69 Å². The number of nitrogens with one attached hydrogen (secondary N) is 1. The van der Waals surface area contributed by atoms with Crippen LogP contribution in [-0.2, 0) is 0 Å². The van der Waals surface area contributed by atoms with E-state index >= 15 is 0 Å². The topological polar surface area (TPSA) is 96.7 Å². The first-order chi connectivity index (χ1) is 15.5. The fourth-order valence-electron chi connectivity index (χ4n) is 3.85. The number of aromatic amines is 1. The van der Waals surface area contributed by atoms with E-state index < -0.39 is 0 Å². The maximum absolute atomic E-state index is 13.1. The summed E-state index contributed by atoms with van der Waals surface area (Å²) in [5.41, 5.74) is 3.54. The molecule has 5 rings (SSSR count). The monoisotopic (exact) mass is 422 g/mol. The lowest BCUT2D eigenvalue weighted by atomic mass is 9.83. The Balaban J connectivity index is 1.58. The van der Waals surface area contributed by atoms with Crippen molar-refractivity contribution >= 4 is 22.9 Å². The van der Waals surface area contributed by atoms with Crippen molar-refractivity contribution in [2.75, 3.05) is 0 Å². The second-order valence-electron chi connectivity index (χ2n) is 7.67. The van der Waals surface area contributed by atoms with E-state index in [1.807, 2.05) is 31.2 Å². The van der Waals surface area contributed by atoms with E-state index in [0.29, 0.717) is 22.5 Å². The molecule has 0 aliphatic heterocycles. The Morgan fingerprint density at radius 1 is 0.719 bits per heavy atom. The average Bonchev–Trinajstić information content (AvgIpc) is 3.09. The molecule has 0 saturated carbocycles. The third-order valence-electron chi connectivity index (χ3n) is 5.52. The molecule has 1 heterocycles. The molecule has 1 aliphatic carbocycles. The SMILES string of the molecule is Cc1ccc(-n2[nH]c(C)c(N=Nc3cccc4c3C(=O)c3ccccc3C4=O)c2=O)cc1. The second-order valence-corrected chi connectivity index (χ2v) is 7.67. The van der Waals surface area contributed by atoms with E-state index in [0.717, 1.165) is 5.56 Å². The molecule has 0 amide bonds. The number of aryl methyl sites for hydroxylation is 2. The number of fused-ring (bicyclic) bond motifs is 2. The number of benzene rings is 3. The zero-order valence-electron chi connectivity index (χ0n) is 17.4. The van der Waals surface area contributed by atoms with Gasteiger partial charge in [0, 0.05) is 16.7 Å². The Labute approximate surface area is 183 Å². The van der Waals surface area contributed by atoms with Crippen molar-refractivity contribution in [3.63, 3.8) is 0 Å². The fourth-order valence-corrected chi connectivity index (χ4v) is 3.85. The van der Waals surface area contributed by atoms with E-state index in [1.54, 1.807) is 49.4 Å². The maximum atomic E-state index is 13.1. The zero-order valence-corrected chi connectivity index (χ0v) is 17.4. The van der Waals surface area contributed by atoms with Crippen LogP contribution in [0.15, 0.2) is 81.8 Å². The standard InChI is InChI=1S/C25H18N4O3/c1-14-10-12-16(13-11-14)29-25(32)22(15(2)28-29)27-26-20-9-5-8-19-21(20)24(31)18-7-4-3-6-17(18)23(19)30/h3-13,28H,1-2H3. The predicted octanol–water partition coefficient (Wildman–Crippen LogP) is 4.97. The number of hydrogen-bond donors (Lipinski definition) is 1. The third kappa shape index (κ3) is 3.02. The summed E-state index contributed by atoms with van der Waals surface area (Å²) in [7, 11) is 0. The summed E-state index contributed by atoms with van der Waals surface area (Å²) in [6.45, 7) is 3.70. The van der Waals surface area contributed by atoms with E-state index in [2.05, 4.69) is 15.3 Å². The van der Waals surface area contributed by atoms with Crippen LogP contribution in [0.4, 0.5) is 11.4 Å². The summed E-state index contributed by atoms with van der Waals surface area (Å²) in [6, 6.07) is 19.1. The lowest BCUT2D eigenvalue weighted by Crippen LogP contribution is -2.20. The second kappa shape index (κ2) is 7.39. The molecule has 0 spiro atoms. The summed E-state index contributed by atoms with van der Waals surface area (Å²) in [4.78, 5) is 38.9. The molecule has 7 nitrogen and oxygen atoms in total. The van der Waals surface area contributed by atoms with Gasteiger partial charge in [-0.1, -0.05) is 54.1 Å². The molecule has 1 aromatic heterocycles. The molecule has 32 heavy (non-hydrogen) atoms. The van der Waals surface area contributed by atoms with Gasteiger partial charge in [-0.15, -0.1) is 10.2 Å². The van der Waals surface area contributed by atoms with E-state index in [1.165, 1.54) is 4.68 Å². The smallest absolute Gasteiger partial charge is 0.293 e. The highest BCUT2D eigenvalue weighted by molar-refractivity contribution is 6.29. The first kappa shape index (κ1) is 19.6. The molecule has 4 aromatic rings. The lowest BCUT2D eigenvalue weighted by molar-refractivity contribution is 0.0979. The van der Waals surface area contributed by atoms with Crippen molar-refractivity contribution in [2.24, 2.45) is 10.2 Å². The van der Waals surface area contributed by atoms with Crippen molar-refractivity contribution in [1.82, 2.24) is 9.78 Å². The van der Waals surface area contributed by atoms with Gasteiger partial charge in [0.1, 0.15) is 0 Å². The molecule has 0 fully saturated rings. The van der Waals surface area contributed by atoms with Gasteiger partial charge >= 0.3 is 0 Å². The Hall–Kier alpha value is -4.39. The minimum Gasteiger partial charge on any atom is -0.293 e. The summed E-state index contributed by atoms with van der Waals surface area (Å²) in [6.07, 6.45) is 0. The van der Waals surface area contributed by atoms with Crippen LogP contribution in [0.1, 0.15) is 43.1 Å². The van der Waals surface area contributed by atoms with Crippen LogP contribution in [0.3, 0.4) is 0 Å². The largest absolute Gasteiger partial charge is 0.299 e. The van der Waals surface area contributed by atoms with E-state index in [4.69, 9.17) is 0 Å². The summed E-state index contributed by atoms with van der Waals surface area (Å²) in [5.74, 6) is -0.514. The number of hydrogen-bond acceptors (Lipinski definition) is 5. The molecule has 0 radical (unpaired) electrons. The van der Waals surface area contributed by atoms with E-state index in [-0.39, 0.29) is 39.6 Å². The number of rotatable bonds is 3. The Kier molecular flexibility index (Phi) is 4.52. The maximum Gasteiger partial charge on any atom is 0.299 e. The first-order valence-corrected chi connectivity index (χ1v) is 10.1. The van der Waals surface area contributed by atoms with Gasteiger partial charge in [-0.25, -0.2) is 4.68 Å². The van der Waals surface area contributed by atoms with Crippen LogP contribution in [0.5, 0.6) is 0 Å². The molecular formula is C25H18N4O3. The molecular weight excluding hydrogens is 404 g/mol. The van der Waals surface area contributed by atoms with Crippen LogP contribution >= 0.6 is 0 Å². The number of azo groups is 1. The average molecular weight is 422 g/mol. The number of carbonyl (C=O) groups is 2. The molecule has 0 saturated heterocycles. The van der Waals surface area contributed by atoms with Crippen molar-refractivity contribution in [3.05, 3.63) is 111 Å². The van der Waals surface area contributed by atoms with Gasteiger partial charge in [0.2, 0.25) is 0 Å². The number of carbonyl (C=O) groups excluding carboxylic acids is 2. The minimum absolute atomic E-state index is 0.137. The fraction of sp³-hybridized carbons (Fsp3) is 0.0800. The third-order valence-corrected chi connectivity index (χ3v) is 5.52. The molecule has 0 atom stereocenters. The van der Waals surface area contributed by atoms with Gasteiger partial charge in [0.25, 0.3) is 5.56 Å². The predicted molar refractivity (Wildman–Crippen MR) is 120 cm³/mol. The Bertz CT molecular complexity index is 1490. The van der Waals surface area contributed by atoms with E-state index in [9.17, 15) is 14.4 Å². The highest BCUT2D eigenvalue weighted by Gasteiger charge is 2.31. The van der Waals surface area contributed by atoms with Gasteiger partial charge in [0.05, 0.1) is 22.6 Å². The summed E-state index contributed by atoms with van der Waals surface area (Å²) >= 11 is 0. The van der Waals surface area contributed by atoms with Gasteiger partial charge in [-0.3, -0.25) is 19.5 Å². The molecule has 1 N–H and O–H groups in total. The van der Waals surface area contributed by atoms with Crippen LogP contribution in [0.25, 0.3) is 5.69 Å². The zero-order chi connectivity index (χ0) is 22.4. The van der Waals surface area contributed by atoms with Crippen LogP contribution in [-0.4, -0.2) is 21.3 Å². The summed E-state index contributed by atoms with van der Waals surface area (Å²) < 4.78 is 1.40. The van der Waals surface area contributed by atoms with Crippen molar-refractivity contribution < 1.29 is 9.59 Å². The molecule has 0 bridgehead atoms.